The first-order chi connectivity index (χ1) is 16.8. The maximum atomic E-state index is 13.2. The van der Waals surface area contributed by atoms with E-state index in [2.05, 4.69) is 41.4 Å². The van der Waals surface area contributed by atoms with Gasteiger partial charge in [0.2, 0.25) is 15.9 Å². The number of hydrogen-bond acceptors (Lipinski definition) is 5. The Bertz CT molecular complexity index is 1150. The van der Waals surface area contributed by atoms with Crippen molar-refractivity contribution in [3.63, 3.8) is 0 Å². The largest absolute Gasteiger partial charge is 0.350 e. The minimum absolute atomic E-state index is 0.0569. The first kappa shape index (κ1) is 25.3. The third-order valence-corrected chi connectivity index (χ3v) is 8.81. The van der Waals surface area contributed by atoms with Crippen LogP contribution in [0, 0.1) is 6.92 Å². The normalized spacial score (nSPS) is 18.4. The first-order valence-electron chi connectivity index (χ1n) is 12.2. The third kappa shape index (κ3) is 5.91. The molecule has 0 aliphatic carbocycles. The predicted octanol–water partition coefficient (Wildman–Crippen LogP) is 2.41. The molecule has 4 rings (SSSR count). The average Bonchev–Trinajstić information content (AvgIpc) is 3.40. The van der Waals surface area contributed by atoms with Crippen molar-refractivity contribution in [2.24, 2.45) is 0 Å². The molecule has 1 atom stereocenters. The molecule has 2 aliphatic heterocycles. The molecule has 0 saturated carbocycles. The Morgan fingerprint density at radius 2 is 1.60 bits per heavy atom. The molecule has 35 heavy (non-hydrogen) atoms. The van der Waals surface area contributed by atoms with E-state index in [0.29, 0.717) is 25.2 Å². The molecule has 188 valence electrons. The second-order valence-corrected chi connectivity index (χ2v) is 11.3. The molecule has 2 amide bonds. The van der Waals surface area contributed by atoms with Crippen LogP contribution in [-0.2, 0) is 14.8 Å². The van der Waals surface area contributed by atoms with Crippen LogP contribution in [0.25, 0.3) is 0 Å². The molecule has 0 aromatic heterocycles. The molecule has 0 bridgehead atoms. The number of nitrogens with zero attached hydrogens (tertiary/aromatic N) is 3. The van der Waals surface area contributed by atoms with Crippen LogP contribution in [0.4, 0.5) is 0 Å². The number of benzene rings is 2. The topological polar surface area (TPSA) is 90.0 Å². The van der Waals surface area contributed by atoms with E-state index in [4.69, 9.17) is 0 Å². The van der Waals surface area contributed by atoms with Crippen LogP contribution >= 0.6 is 0 Å². The summed E-state index contributed by atoms with van der Waals surface area (Å²) in [5.41, 5.74) is 2.68. The molecule has 2 heterocycles. The summed E-state index contributed by atoms with van der Waals surface area (Å²) >= 11 is 0. The molecule has 2 aliphatic rings. The highest BCUT2D eigenvalue weighted by molar-refractivity contribution is 7.89. The van der Waals surface area contributed by atoms with E-state index in [1.165, 1.54) is 34.5 Å². The van der Waals surface area contributed by atoms with Gasteiger partial charge in [-0.15, -0.1) is 0 Å². The summed E-state index contributed by atoms with van der Waals surface area (Å²) in [6, 6.07) is 14.7. The molecule has 9 heteroatoms. The fraction of sp³-hybridized carbons (Fsp3) is 0.462. The van der Waals surface area contributed by atoms with Gasteiger partial charge in [0.05, 0.1) is 10.9 Å². The van der Waals surface area contributed by atoms with Gasteiger partial charge in [-0.1, -0.05) is 35.9 Å². The zero-order chi connectivity index (χ0) is 25.0. The number of rotatable bonds is 7. The molecule has 8 nitrogen and oxygen atoms in total. The Labute approximate surface area is 207 Å². The van der Waals surface area contributed by atoms with Gasteiger partial charge in [0.1, 0.15) is 0 Å². The molecule has 0 radical (unpaired) electrons. The smallest absolute Gasteiger partial charge is 0.251 e. The van der Waals surface area contributed by atoms with E-state index in [1.54, 1.807) is 17.0 Å². The summed E-state index contributed by atoms with van der Waals surface area (Å²) in [7, 11) is -3.75. The van der Waals surface area contributed by atoms with Crippen molar-refractivity contribution >= 4 is 21.8 Å². The van der Waals surface area contributed by atoms with Crippen LogP contribution < -0.4 is 5.32 Å². The number of likely N-dealkylation sites (tertiary alicyclic amines) is 1. The first-order valence-corrected chi connectivity index (χ1v) is 13.6. The van der Waals surface area contributed by atoms with Gasteiger partial charge in [0.25, 0.3) is 5.91 Å². The second-order valence-electron chi connectivity index (χ2n) is 9.32. The van der Waals surface area contributed by atoms with Crippen LogP contribution in [0.5, 0.6) is 0 Å². The maximum Gasteiger partial charge on any atom is 0.251 e. The minimum Gasteiger partial charge on any atom is -0.350 e. The van der Waals surface area contributed by atoms with Crippen molar-refractivity contribution < 1.29 is 18.0 Å². The van der Waals surface area contributed by atoms with Crippen molar-refractivity contribution in [3.8, 4) is 0 Å². The number of nitrogens with one attached hydrogen (secondary N) is 1. The zero-order valence-corrected chi connectivity index (χ0v) is 21.3. The van der Waals surface area contributed by atoms with Gasteiger partial charge in [-0.25, -0.2) is 8.42 Å². The van der Waals surface area contributed by atoms with Gasteiger partial charge in [0, 0.05) is 45.2 Å². The van der Waals surface area contributed by atoms with Gasteiger partial charge in [-0.3, -0.25) is 14.5 Å². The lowest BCUT2D eigenvalue weighted by Crippen LogP contribution is -2.49. The molecule has 2 aromatic carbocycles. The van der Waals surface area contributed by atoms with Crippen molar-refractivity contribution in [1.82, 2.24) is 19.4 Å². The lowest BCUT2D eigenvalue weighted by atomic mass is 10.0. The highest BCUT2D eigenvalue weighted by Crippen LogP contribution is 2.25. The average molecular weight is 499 g/mol. The van der Waals surface area contributed by atoms with Crippen molar-refractivity contribution in [2.45, 2.75) is 37.6 Å². The number of carbonyl (C=O) groups excluding carboxylic acids is 2. The Hall–Kier alpha value is -2.75. The maximum absolute atomic E-state index is 13.2. The number of sulfonamides is 1. The van der Waals surface area contributed by atoms with Crippen LogP contribution in [0.15, 0.2) is 53.4 Å². The van der Waals surface area contributed by atoms with E-state index in [9.17, 15) is 18.0 Å². The third-order valence-electron chi connectivity index (χ3n) is 6.92. The van der Waals surface area contributed by atoms with E-state index >= 15 is 0 Å². The van der Waals surface area contributed by atoms with Crippen LogP contribution in [0.2, 0.25) is 0 Å². The Morgan fingerprint density at radius 3 is 2.23 bits per heavy atom. The van der Waals surface area contributed by atoms with Crippen LogP contribution in [0.1, 0.15) is 47.3 Å². The molecule has 2 aromatic rings. The fourth-order valence-electron chi connectivity index (χ4n) is 4.78. The van der Waals surface area contributed by atoms with Crippen molar-refractivity contribution in [1.29, 1.82) is 0 Å². The highest BCUT2D eigenvalue weighted by atomic mass is 32.2. The molecular formula is C26H34N4O4S. The molecule has 2 saturated heterocycles. The number of piperazine rings is 1. The summed E-state index contributed by atoms with van der Waals surface area (Å²) in [6.07, 6.45) is 2.30. The molecular weight excluding hydrogens is 464 g/mol. The SMILES string of the molecule is CC(=O)N1CCN(S(=O)(=O)c2cccc(C(=O)NCC(c3ccc(C)cc3)N3CCCC3)c2)CC1. The second kappa shape index (κ2) is 10.9. The monoisotopic (exact) mass is 498 g/mol. The van der Waals surface area contributed by atoms with Gasteiger partial charge in [-0.05, 0) is 56.6 Å². The van der Waals surface area contributed by atoms with Crippen LogP contribution in [0.3, 0.4) is 0 Å². The van der Waals surface area contributed by atoms with Crippen molar-refractivity contribution in [3.05, 3.63) is 65.2 Å². The molecule has 0 spiro atoms. The Kier molecular flexibility index (Phi) is 7.88. The predicted molar refractivity (Wildman–Crippen MR) is 135 cm³/mol. The van der Waals surface area contributed by atoms with E-state index in [1.807, 2.05) is 0 Å². The molecule has 2 fully saturated rings. The zero-order valence-electron chi connectivity index (χ0n) is 20.4. The van der Waals surface area contributed by atoms with E-state index in [-0.39, 0.29) is 35.8 Å². The summed E-state index contributed by atoms with van der Waals surface area (Å²) < 4.78 is 27.7. The summed E-state index contributed by atoms with van der Waals surface area (Å²) in [5, 5.41) is 3.03. The Morgan fingerprint density at radius 1 is 0.943 bits per heavy atom. The lowest BCUT2D eigenvalue weighted by molar-refractivity contribution is -0.129. The van der Waals surface area contributed by atoms with Crippen LogP contribution in [-0.4, -0.2) is 80.2 Å². The van der Waals surface area contributed by atoms with Gasteiger partial charge < -0.3 is 10.2 Å². The van der Waals surface area contributed by atoms with Gasteiger partial charge in [0.15, 0.2) is 0 Å². The van der Waals surface area contributed by atoms with Gasteiger partial charge in [-0.2, -0.15) is 4.31 Å². The standard InChI is InChI=1S/C26H34N4O4S/c1-20-8-10-22(11-9-20)25(29-12-3-4-13-29)19-27-26(32)23-6-5-7-24(18-23)35(33,34)30-16-14-28(15-17-30)21(2)31/h5-11,18,25H,3-4,12-17,19H2,1-2H3,(H,27,32). The van der Waals surface area contributed by atoms with E-state index < -0.39 is 10.0 Å². The summed E-state index contributed by atoms with van der Waals surface area (Å²) in [6.45, 7) is 7.21. The van der Waals surface area contributed by atoms with Gasteiger partial charge >= 0.3 is 0 Å². The fourth-order valence-corrected chi connectivity index (χ4v) is 6.25. The Balaban J connectivity index is 1.45. The number of aryl methyl sites for hydroxylation is 1. The van der Waals surface area contributed by atoms with E-state index in [0.717, 1.165) is 25.9 Å². The minimum atomic E-state index is -3.75. The number of hydrogen-bond donors (Lipinski definition) is 1. The van der Waals surface area contributed by atoms with Crippen molar-refractivity contribution in [2.75, 3.05) is 45.8 Å². The molecule has 1 N–H and O–H groups in total. The number of amides is 2. The molecule has 1 unspecified atom stereocenters. The summed E-state index contributed by atoms with van der Waals surface area (Å²) in [4.78, 5) is 28.7. The quantitative estimate of drug-likeness (QED) is 0.633. The lowest BCUT2D eigenvalue weighted by Gasteiger charge is -2.33. The number of carbonyl (C=O) groups is 2. The summed E-state index contributed by atoms with van der Waals surface area (Å²) in [5.74, 6) is -0.349. The highest BCUT2D eigenvalue weighted by Gasteiger charge is 2.30.